The number of hydrogen-bond donors (Lipinski definition) is 1. The van der Waals surface area contributed by atoms with Crippen LogP contribution in [0.3, 0.4) is 0 Å². The fraction of sp³-hybridized carbons (Fsp3) is 0.600. The summed E-state index contributed by atoms with van der Waals surface area (Å²) in [5.41, 5.74) is 7.18. The Balaban J connectivity index is 2.91. The highest BCUT2D eigenvalue weighted by atomic mass is 16.5. The van der Waals surface area contributed by atoms with E-state index in [9.17, 15) is 0 Å². The number of nitrogens with zero attached hydrogens (tertiary/aromatic N) is 1. The summed E-state index contributed by atoms with van der Waals surface area (Å²) < 4.78 is 6.08. The van der Waals surface area contributed by atoms with Gasteiger partial charge < -0.3 is 15.4 Å². The first kappa shape index (κ1) is 14.8. The lowest BCUT2D eigenvalue weighted by Crippen LogP contribution is -2.45. The number of nitrogens with two attached hydrogens (primary N) is 1. The SMILES string of the molecule is CC(N)C(Oc1cccc(N(C)C)c1)C(C)(C)C. The van der Waals surface area contributed by atoms with Crippen molar-refractivity contribution in [3.63, 3.8) is 0 Å². The first-order valence-electron chi connectivity index (χ1n) is 6.41. The van der Waals surface area contributed by atoms with Gasteiger partial charge in [-0.2, -0.15) is 0 Å². The lowest BCUT2D eigenvalue weighted by molar-refractivity contribution is 0.0685. The van der Waals surface area contributed by atoms with Crippen molar-refractivity contribution in [2.45, 2.75) is 39.8 Å². The van der Waals surface area contributed by atoms with Gasteiger partial charge >= 0.3 is 0 Å². The van der Waals surface area contributed by atoms with E-state index in [0.29, 0.717) is 0 Å². The van der Waals surface area contributed by atoms with Crippen LogP contribution in [-0.4, -0.2) is 26.2 Å². The van der Waals surface area contributed by atoms with Gasteiger partial charge in [0, 0.05) is 37.3 Å². The van der Waals surface area contributed by atoms with Crippen molar-refractivity contribution >= 4 is 5.69 Å². The Morgan fingerprint density at radius 1 is 1.22 bits per heavy atom. The Hall–Kier alpha value is -1.22. The molecule has 3 nitrogen and oxygen atoms in total. The standard InChI is InChI=1S/C15H26N2O/c1-11(16)14(15(2,3)4)18-13-9-7-8-12(10-13)17(5)6/h7-11,14H,16H2,1-6H3. The van der Waals surface area contributed by atoms with Gasteiger partial charge in [0.1, 0.15) is 11.9 Å². The quantitative estimate of drug-likeness (QED) is 0.893. The molecule has 1 aromatic carbocycles. The highest BCUT2D eigenvalue weighted by Crippen LogP contribution is 2.28. The molecule has 1 rings (SSSR count). The van der Waals surface area contributed by atoms with E-state index in [1.165, 1.54) is 0 Å². The van der Waals surface area contributed by atoms with Crippen LogP contribution in [0.5, 0.6) is 5.75 Å². The molecule has 0 fully saturated rings. The monoisotopic (exact) mass is 250 g/mol. The van der Waals surface area contributed by atoms with E-state index >= 15 is 0 Å². The average molecular weight is 250 g/mol. The van der Waals surface area contributed by atoms with Crippen LogP contribution in [0.25, 0.3) is 0 Å². The Morgan fingerprint density at radius 2 is 1.83 bits per heavy atom. The van der Waals surface area contributed by atoms with Crippen molar-refractivity contribution in [1.82, 2.24) is 0 Å². The van der Waals surface area contributed by atoms with Crippen molar-refractivity contribution in [2.24, 2.45) is 11.1 Å². The fourth-order valence-corrected chi connectivity index (χ4v) is 2.05. The van der Waals surface area contributed by atoms with E-state index in [-0.39, 0.29) is 17.6 Å². The van der Waals surface area contributed by atoms with Gasteiger partial charge in [0.05, 0.1) is 0 Å². The molecule has 0 spiro atoms. The van der Waals surface area contributed by atoms with Gasteiger partial charge in [0.25, 0.3) is 0 Å². The zero-order valence-corrected chi connectivity index (χ0v) is 12.4. The average Bonchev–Trinajstić information content (AvgIpc) is 2.24. The number of hydrogen-bond acceptors (Lipinski definition) is 3. The molecule has 0 bridgehead atoms. The smallest absolute Gasteiger partial charge is 0.121 e. The molecule has 0 saturated carbocycles. The molecule has 18 heavy (non-hydrogen) atoms. The minimum Gasteiger partial charge on any atom is -0.488 e. The first-order valence-corrected chi connectivity index (χ1v) is 6.41. The van der Waals surface area contributed by atoms with Crippen LogP contribution in [0.1, 0.15) is 27.7 Å². The summed E-state index contributed by atoms with van der Waals surface area (Å²) in [4.78, 5) is 2.06. The van der Waals surface area contributed by atoms with Gasteiger partial charge in [-0.05, 0) is 19.1 Å². The molecule has 2 N–H and O–H groups in total. The minimum absolute atomic E-state index is 0.00471. The maximum atomic E-state index is 6.08. The largest absolute Gasteiger partial charge is 0.488 e. The molecule has 0 heterocycles. The minimum atomic E-state index is -0.00647. The third kappa shape index (κ3) is 3.91. The normalized spacial score (nSPS) is 15.1. The summed E-state index contributed by atoms with van der Waals surface area (Å²) in [6.07, 6.45) is -0.00471. The Morgan fingerprint density at radius 3 is 2.28 bits per heavy atom. The predicted molar refractivity (Wildman–Crippen MR) is 78.3 cm³/mol. The second-order valence-electron chi connectivity index (χ2n) is 6.16. The summed E-state index contributed by atoms with van der Waals surface area (Å²) in [7, 11) is 4.04. The second kappa shape index (κ2) is 5.61. The van der Waals surface area contributed by atoms with Gasteiger partial charge in [-0.25, -0.2) is 0 Å². The van der Waals surface area contributed by atoms with Crippen molar-refractivity contribution in [2.75, 3.05) is 19.0 Å². The summed E-state index contributed by atoms with van der Waals surface area (Å²) in [6, 6.07) is 8.08. The van der Waals surface area contributed by atoms with Gasteiger partial charge in [0.2, 0.25) is 0 Å². The van der Waals surface area contributed by atoms with Gasteiger partial charge in [-0.15, -0.1) is 0 Å². The number of benzene rings is 1. The highest BCUT2D eigenvalue weighted by molar-refractivity contribution is 5.49. The second-order valence-corrected chi connectivity index (χ2v) is 6.16. The maximum Gasteiger partial charge on any atom is 0.121 e. The van der Waals surface area contributed by atoms with Crippen molar-refractivity contribution < 1.29 is 4.74 Å². The van der Waals surface area contributed by atoms with Crippen LogP contribution < -0.4 is 15.4 Å². The molecular formula is C15H26N2O. The van der Waals surface area contributed by atoms with Gasteiger partial charge in [-0.1, -0.05) is 26.8 Å². The zero-order chi connectivity index (χ0) is 13.9. The van der Waals surface area contributed by atoms with E-state index in [4.69, 9.17) is 10.5 Å². The van der Waals surface area contributed by atoms with Gasteiger partial charge in [0.15, 0.2) is 0 Å². The summed E-state index contributed by atoms with van der Waals surface area (Å²) in [6.45, 7) is 8.44. The fourth-order valence-electron chi connectivity index (χ4n) is 2.05. The molecule has 2 atom stereocenters. The molecule has 0 aliphatic carbocycles. The van der Waals surface area contributed by atoms with Crippen LogP contribution in [0, 0.1) is 5.41 Å². The zero-order valence-electron chi connectivity index (χ0n) is 12.4. The topological polar surface area (TPSA) is 38.5 Å². The Kier molecular flexibility index (Phi) is 4.63. The molecule has 0 aliphatic rings. The van der Waals surface area contributed by atoms with Crippen LogP contribution in [0.15, 0.2) is 24.3 Å². The lowest BCUT2D eigenvalue weighted by atomic mass is 9.85. The number of rotatable bonds is 4. The first-order chi connectivity index (χ1) is 8.21. The molecule has 0 radical (unpaired) electrons. The molecule has 0 amide bonds. The van der Waals surface area contributed by atoms with Crippen molar-refractivity contribution in [3.8, 4) is 5.75 Å². The molecule has 0 saturated heterocycles. The number of anilines is 1. The van der Waals surface area contributed by atoms with Crippen LogP contribution in [0.4, 0.5) is 5.69 Å². The van der Waals surface area contributed by atoms with E-state index in [1.54, 1.807) is 0 Å². The van der Waals surface area contributed by atoms with E-state index in [1.807, 2.05) is 39.2 Å². The Bertz CT molecular complexity index is 380. The molecule has 102 valence electrons. The molecule has 0 aliphatic heterocycles. The highest BCUT2D eigenvalue weighted by Gasteiger charge is 2.29. The summed E-state index contributed by atoms with van der Waals surface area (Å²) >= 11 is 0. The molecule has 1 aromatic rings. The molecule has 3 heteroatoms. The van der Waals surface area contributed by atoms with Crippen LogP contribution >= 0.6 is 0 Å². The maximum absolute atomic E-state index is 6.08. The number of ether oxygens (including phenoxy) is 1. The molecular weight excluding hydrogens is 224 g/mol. The summed E-state index contributed by atoms with van der Waals surface area (Å²) in [5, 5.41) is 0. The van der Waals surface area contributed by atoms with Gasteiger partial charge in [-0.3, -0.25) is 0 Å². The van der Waals surface area contributed by atoms with Crippen molar-refractivity contribution in [1.29, 1.82) is 0 Å². The van der Waals surface area contributed by atoms with Crippen molar-refractivity contribution in [3.05, 3.63) is 24.3 Å². The Labute approximate surface area is 111 Å². The van der Waals surface area contributed by atoms with E-state index in [0.717, 1.165) is 11.4 Å². The third-order valence-electron chi connectivity index (χ3n) is 2.93. The molecule has 2 unspecified atom stereocenters. The lowest BCUT2D eigenvalue weighted by Gasteiger charge is -2.34. The van der Waals surface area contributed by atoms with E-state index < -0.39 is 0 Å². The van der Waals surface area contributed by atoms with Crippen LogP contribution in [-0.2, 0) is 0 Å². The van der Waals surface area contributed by atoms with E-state index in [2.05, 4.69) is 31.7 Å². The molecule has 0 aromatic heterocycles. The predicted octanol–water partition coefficient (Wildman–Crippen LogP) is 2.89. The van der Waals surface area contributed by atoms with Crippen LogP contribution in [0.2, 0.25) is 0 Å². The third-order valence-corrected chi connectivity index (χ3v) is 2.93. The summed E-state index contributed by atoms with van der Waals surface area (Å²) in [5.74, 6) is 0.874.